The van der Waals surface area contributed by atoms with Gasteiger partial charge in [0.05, 0.1) is 18.6 Å². The summed E-state index contributed by atoms with van der Waals surface area (Å²) in [5.74, 6) is 4.73. The summed E-state index contributed by atoms with van der Waals surface area (Å²) >= 11 is 0. The van der Waals surface area contributed by atoms with Crippen LogP contribution in [-0.2, 0) is 13.1 Å². The zero-order valence-corrected chi connectivity index (χ0v) is 17.7. The van der Waals surface area contributed by atoms with Crippen LogP contribution in [0.3, 0.4) is 0 Å². The number of aromatic carboxylic acids is 1. The molecule has 1 aliphatic heterocycles. The van der Waals surface area contributed by atoms with Gasteiger partial charge in [-0.15, -0.1) is 5.92 Å². The van der Waals surface area contributed by atoms with Crippen molar-refractivity contribution < 1.29 is 14.7 Å². The molecule has 1 fully saturated rings. The molecule has 0 amide bonds. The monoisotopic (exact) mass is 433 g/mol. The van der Waals surface area contributed by atoms with Gasteiger partial charge in [0.1, 0.15) is 11.2 Å². The van der Waals surface area contributed by atoms with Crippen molar-refractivity contribution >= 4 is 28.7 Å². The molecule has 1 saturated heterocycles. The molecule has 3 heterocycles. The first-order chi connectivity index (χ1) is 15.5. The number of benzene rings is 1. The van der Waals surface area contributed by atoms with Crippen molar-refractivity contribution in [2.75, 3.05) is 31.1 Å². The third-order valence-corrected chi connectivity index (χ3v) is 5.42. The number of carbonyl (C=O) groups excluding carboxylic acids is 1. The van der Waals surface area contributed by atoms with E-state index < -0.39 is 11.5 Å². The molecule has 0 aliphatic carbocycles. The van der Waals surface area contributed by atoms with Gasteiger partial charge in [0.25, 0.3) is 5.56 Å². The second-order valence-electron chi connectivity index (χ2n) is 7.41. The number of carboxylic acid groups (broad SMARTS) is 1. The average Bonchev–Trinajstić information content (AvgIpc) is 3.19. The number of pyridine rings is 1. The summed E-state index contributed by atoms with van der Waals surface area (Å²) in [6.07, 6.45) is 0. The minimum Gasteiger partial charge on any atom is -0.477 e. The fourth-order valence-electron chi connectivity index (χ4n) is 3.84. The van der Waals surface area contributed by atoms with E-state index in [0.29, 0.717) is 24.6 Å². The van der Waals surface area contributed by atoms with Gasteiger partial charge in [-0.3, -0.25) is 18.7 Å². The van der Waals surface area contributed by atoms with Gasteiger partial charge in [-0.1, -0.05) is 36.3 Å². The molecule has 0 unspecified atom stereocenters. The molecule has 3 aromatic rings. The highest BCUT2D eigenvalue weighted by Crippen LogP contribution is 2.22. The maximum absolute atomic E-state index is 13.5. The van der Waals surface area contributed by atoms with E-state index in [2.05, 4.69) is 22.1 Å². The lowest BCUT2D eigenvalue weighted by molar-refractivity contribution is 0.0683. The van der Waals surface area contributed by atoms with Gasteiger partial charge in [-0.05, 0) is 13.0 Å². The number of carboxylic acids is 1. The smallest absolute Gasteiger partial charge is 0.352 e. The van der Waals surface area contributed by atoms with Crippen LogP contribution in [0.15, 0.2) is 41.2 Å². The topological polar surface area (TPSA) is 109 Å². The SMILES string of the molecule is CC#CCn1c(N2CCNCC2)nc2cc(C(=O)O)n(CC(=O)c3ccccc3)c(=O)c21. The average molecular weight is 433 g/mol. The Labute approximate surface area is 184 Å². The summed E-state index contributed by atoms with van der Waals surface area (Å²) in [5, 5.41) is 13.0. The molecule has 4 rings (SSSR count). The van der Waals surface area contributed by atoms with Gasteiger partial charge in [0.15, 0.2) is 5.78 Å². The summed E-state index contributed by atoms with van der Waals surface area (Å²) in [4.78, 5) is 44.9. The van der Waals surface area contributed by atoms with Crippen LogP contribution in [0.4, 0.5) is 5.95 Å². The van der Waals surface area contributed by atoms with Crippen LogP contribution in [0.1, 0.15) is 27.8 Å². The van der Waals surface area contributed by atoms with Gasteiger partial charge in [0.2, 0.25) is 5.95 Å². The zero-order valence-electron chi connectivity index (χ0n) is 17.7. The van der Waals surface area contributed by atoms with Crippen LogP contribution >= 0.6 is 0 Å². The van der Waals surface area contributed by atoms with Crippen LogP contribution in [0.2, 0.25) is 0 Å². The number of ketones is 1. The number of anilines is 1. The van der Waals surface area contributed by atoms with Gasteiger partial charge in [-0.2, -0.15) is 0 Å². The van der Waals surface area contributed by atoms with Gasteiger partial charge in [-0.25, -0.2) is 9.78 Å². The van der Waals surface area contributed by atoms with Crippen molar-refractivity contribution in [3.05, 3.63) is 58.0 Å². The largest absolute Gasteiger partial charge is 0.477 e. The number of carbonyl (C=O) groups is 2. The number of piperazine rings is 1. The van der Waals surface area contributed by atoms with Gasteiger partial charge >= 0.3 is 5.97 Å². The van der Waals surface area contributed by atoms with Crippen molar-refractivity contribution in [1.29, 1.82) is 0 Å². The molecule has 1 aromatic carbocycles. The van der Waals surface area contributed by atoms with Crippen molar-refractivity contribution in [1.82, 2.24) is 19.4 Å². The Morgan fingerprint density at radius 3 is 2.53 bits per heavy atom. The minimum atomic E-state index is -1.29. The lowest BCUT2D eigenvalue weighted by atomic mass is 10.1. The van der Waals surface area contributed by atoms with Crippen molar-refractivity contribution in [3.63, 3.8) is 0 Å². The third-order valence-electron chi connectivity index (χ3n) is 5.42. The number of rotatable bonds is 6. The Morgan fingerprint density at radius 2 is 1.88 bits per heavy atom. The van der Waals surface area contributed by atoms with E-state index in [1.165, 1.54) is 6.07 Å². The zero-order chi connectivity index (χ0) is 22.7. The predicted molar refractivity (Wildman–Crippen MR) is 120 cm³/mol. The van der Waals surface area contributed by atoms with E-state index >= 15 is 0 Å². The Hall–Kier alpha value is -3.90. The number of Topliss-reactive ketones (excluding diaryl/α,β-unsaturated/α-hetero) is 1. The summed E-state index contributed by atoms with van der Waals surface area (Å²) in [6, 6.07) is 9.85. The normalized spacial score (nSPS) is 13.6. The Balaban J connectivity index is 1.89. The van der Waals surface area contributed by atoms with Crippen LogP contribution in [0, 0.1) is 11.8 Å². The van der Waals surface area contributed by atoms with Crippen LogP contribution in [0.25, 0.3) is 11.0 Å². The molecule has 9 nitrogen and oxygen atoms in total. The second-order valence-corrected chi connectivity index (χ2v) is 7.41. The molecule has 164 valence electrons. The van der Waals surface area contributed by atoms with Crippen molar-refractivity contribution in [2.45, 2.75) is 20.0 Å². The third kappa shape index (κ3) is 4.00. The van der Waals surface area contributed by atoms with Gasteiger partial charge in [0, 0.05) is 31.7 Å². The fraction of sp³-hybridized carbons (Fsp3) is 0.304. The highest BCUT2D eigenvalue weighted by molar-refractivity contribution is 5.97. The quantitative estimate of drug-likeness (QED) is 0.444. The lowest BCUT2D eigenvalue weighted by Crippen LogP contribution is -2.44. The number of nitrogens with one attached hydrogen (secondary N) is 1. The number of hydrogen-bond donors (Lipinski definition) is 2. The number of aromatic nitrogens is 3. The maximum Gasteiger partial charge on any atom is 0.352 e. The minimum absolute atomic E-state index is 0.237. The first kappa shape index (κ1) is 21.3. The number of fused-ring (bicyclic) bond motifs is 1. The fourth-order valence-corrected chi connectivity index (χ4v) is 3.84. The van der Waals surface area contributed by atoms with Gasteiger partial charge < -0.3 is 15.3 Å². The van der Waals surface area contributed by atoms with E-state index in [4.69, 9.17) is 0 Å². The van der Waals surface area contributed by atoms with Crippen LogP contribution in [-0.4, -0.2) is 57.2 Å². The molecular weight excluding hydrogens is 410 g/mol. The molecule has 32 heavy (non-hydrogen) atoms. The molecule has 2 aromatic heterocycles. The molecule has 0 bridgehead atoms. The lowest BCUT2D eigenvalue weighted by Gasteiger charge is -2.28. The Kier molecular flexibility index (Phi) is 6.05. The maximum atomic E-state index is 13.5. The number of imidazole rings is 1. The molecule has 9 heteroatoms. The molecule has 0 saturated carbocycles. The van der Waals surface area contributed by atoms with Crippen LogP contribution in [0.5, 0.6) is 0 Å². The van der Waals surface area contributed by atoms with E-state index in [9.17, 15) is 19.5 Å². The Morgan fingerprint density at radius 1 is 1.16 bits per heavy atom. The summed E-state index contributed by atoms with van der Waals surface area (Å²) in [7, 11) is 0. The standard InChI is InChI=1S/C23H23N5O4/c1-2-3-11-27-20-17(25-23(27)26-12-9-24-10-13-26)14-18(22(31)32)28(21(20)30)15-19(29)16-7-5-4-6-8-16/h4-8,14,24H,9-13,15H2,1H3,(H,31,32). The number of nitrogens with zero attached hydrogens (tertiary/aromatic N) is 4. The predicted octanol–water partition coefficient (Wildman–Crippen LogP) is 1.21. The molecule has 2 N–H and O–H groups in total. The molecular formula is C23H23N5O4. The first-order valence-corrected chi connectivity index (χ1v) is 10.3. The van der Waals surface area contributed by atoms with Crippen LogP contribution < -0.4 is 15.8 Å². The van der Waals surface area contributed by atoms with E-state index in [-0.39, 0.29) is 35.6 Å². The number of hydrogen-bond acceptors (Lipinski definition) is 6. The summed E-state index contributed by atoms with van der Waals surface area (Å²) in [6.45, 7) is 4.53. The van der Waals surface area contributed by atoms with Crippen molar-refractivity contribution in [3.8, 4) is 11.8 Å². The molecule has 1 aliphatic rings. The second kappa shape index (κ2) is 9.08. The summed E-state index contributed by atoms with van der Waals surface area (Å²) in [5.41, 5.74) is 0.0814. The van der Waals surface area contributed by atoms with E-state index in [1.807, 2.05) is 4.90 Å². The van der Waals surface area contributed by atoms with E-state index in [1.54, 1.807) is 41.8 Å². The summed E-state index contributed by atoms with van der Waals surface area (Å²) < 4.78 is 2.73. The molecule has 0 radical (unpaired) electrons. The first-order valence-electron chi connectivity index (χ1n) is 10.3. The highest BCUT2D eigenvalue weighted by atomic mass is 16.4. The highest BCUT2D eigenvalue weighted by Gasteiger charge is 2.25. The van der Waals surface area contributed by atoms with E-state index in [0.717, 1.165) is 17.7 Å². The van der Waals surface area contributed by atoms with Crippen molar-refractivity contribution in [2.24, 2.45) is 0 Å². The molecule has 0 atom stereocenters. The molecule has 0 spiro atoms. The Bertz CT molecular complexity index is 1290.